The maximum atomic E-state index is 10.6. The molecular formula is C12H20O5. The van der Waals surface area contributed by atoms with Crippen molar-refractivity contribution >= 4 is 5.97 Å². The van der Waals surface area contributed by atoms with Crippen molar-refractivity contribution in [2.75, 3.05) is 19.8 Å². The number of carboxylic acid groups (broad SMARTS) is 1. The van der Waals surface area contributed by atoms with Gasteiger partial charge in [-0.25, -0.2) is 0 Å². The minimum atomic E-state index is -0.844. The van der Waals surface area contributed by atoms with Gasteiger partial charge >= 0.3 is 5.97 Å². The first-order valence-corrected chi connectivity index (χ1v) is 6.19. The molecule has 3 atom stereocenters. The Labute approximate surface area is 101 Å². The van der Waals surface area contributed by atoms with Crippen molar-refractivity contribution in [1.82, 2.24) is 0 Å². The third-order valence-corrected chi connectivity index (χ3v) is 3.31. The Morgan fingerprint density at radius 1 is 1.47 bits per heavy atom. The van der Waals surface area contributed by atoms with E-state index in [4.69, 9.17) is 19.3 Å². The number of hydrogen-bond acceptors (Lipinski definition) is 4. The van der Waals surface area contributed by atoms with E-state index >= 15 is 0 Å². The van der Waals surface area contributed by atoms with Crippen LogP contribution in [-0.2, 0) is 19.0 Å². The average Bonchev–Trinajstić information content (AvgIpc) is 2.60. The van der Waals surface area contributed by atoms with Crippen LogP contribution in [0.2, 0.25) is 0 Å². The summed E-state index contributed by atoms with van der Waals surface area (Å²) < 4.78 is 16.7. The summed E-state index contributed by atoms with van der Waals surface area (Å²) in [6.45, 7) is 3.86. The van der Waals surface area contributed by atoms with Crippen LogP contribution in [0.25, 0.3) is 0 Å². The minimum absolute atomic E-state index is 0.0107. The van der Waals surface area contributed by atoms with Gasteiger partial charge in [-0.1, -0.05) is 0 Å². The highest BCUT2D eigenvalue weighted by molar-refractivity contribution is 5.67. The molecule has 5 nitrogen and oxygen atoms in total. The Kier molecular flexibility index (Phi) is 4.01. The highest BCUT2D eigenvalue weighted by Gasteiger charge is 2.40. The van der Waals surface area contributed by atoms with Crippen molar-refractivity contribution in [2.45, 2.75) is 44.5 Å². The summed E-state index contributed by atoms with van der Waals surface area (Å²) in [7, 11) is 0. The van der Waals surface area contributed by atoms with Crippen LogP contribution in [0.5, 0.6) is 0 Å². The van der Waals surface area contributed by atoms with E-state index in [2.05, 4.69) is 0 Å². The Bertz CT molecular complexity index is 274. The standard InChI is InChI=1S/C12H20O5/c1-12(6-9-3-2-4-15-7-9)16-8-10(17-12)5-11(13)14/h9-10H,2-8H2,1H3,(H,13,14). The molecule has 0 aromatic carbocycles. The molecule has 2 saturated heterocycles. The molecule has 5 heteroatoms. The second kappa shape index (κ2) is 5.33. The quantitative estimate of drug-likeness (QED) is 0.810. The van der Waals surface area contributed by atoms with Crippen molar-refractivity contribution < 1.29 is 24.1 Å². The van der Waals surface area contributed by atoms with E-state index in [-0.39, 0.29) is 12.5 Å². The lowest BCUT2D eigenvalue weighted by Gasteiger charge is -2.30. The molecule has 0 radical (unpaired) electrons. The first-order chi connectivity index (χ1) is 8.07. The molecule has 2 rings (SSSR count). The smallest absolute Gasteiger partial charge is 0.306 e. The predicted octanol–water partition coefficient (Wildman–Crippen LogP) is 1.41. The van der Waals surface area contributed by atoms with Crippen LogP contribution in [0.4, 0.5) is 0 Å². The maximum Gasteiger partial charge on any atom is 0.306 e. The van der Waals surface area contributed by atoms with E-state index in [0.29, 0.717) is 12.5 Å². The summed E-state index contributed by atoms with van der Waals surface area (Å²) >= 11 is 0. The summed E-state index contributed by atoms with van der Waals surface area (Å²) in [5, 5.41) is 8.71. The molecule has 0 spiro atoms. The second-order valence-corrected chi connectivity index (χ2v) is 5.07. The zero-order valence-corrected chi connectivity index (χ0v) is 10.2. The number of aliphatic carboxylic acids is 1. The van der Waals surface area contributed by atoms with Crippen LogP contribution in [-0.4, -0.2) is 42.8 Å². The molecule has 1 N–H and O–H groups in total. The fourth-order valence-electron chi connectivity index (χ4n) is 2.58. The molecule has 98 valence electrons. The lowest BCUT2D eigenvalue weighted by atomic mass is 9.94. The number of hydrogen-bond donors (Lipinski definition) is 1. The third kappa shape index (κ3) is 3.66. The first-order valence-electron chi connectivity index (χ1n) is 6.19. The number of carboxylic acids is 1. The average molecular weight is 244 g/mol. The largest absolute Gasteiger partial charge is 0.481 e. The summed E-state index contributed by atoms with van der Waals surface area (Å²) in [5.74, 6) is -1.02. The van der Waals surface area contributed by atoms with Gasteiger partial charge in [-0.15, -0.1) is 0 Å². The molecule has 0 aromatic heterocycles. The molecule has 2 fully saturated rings. The van der Waals surface area contributed by atoms with Crippen molar-refractivity contribution in [3.05, 3.63) is 0 Å². The highest BCUT2D eigenvalue weighted by Crippen LogP contribution is 2.33. The van der Waals surface area contributed by atoms with E-state index in [0.717, 1.165) is 32.5 Å². The van der Waals surface area contributed by atoms with Gasteiger partial charge in [-0.05, 0) is 25.7 Å². The van der Waals surface area contributed by atoms with Gasteiger partial charge in [0, 0.05) is 19.6 Å². The third-order valence-electron chi connectivity index (χ3n) is 3.31. The molecule has 2 aliphatic heterocycles. The van der Waals surface area contributed by atoms with E-state index in [1.54, 1.807) is 0 Å². The molecule has 17 heavy (non-hydrogen) atoms. The normalized spacial score (nSPS) is 38.2. The van der Waals surface area contributed by atoms with Gasteiger partial charge < -0.3 is 19.3 Å². The molecule has 0 bridgehead atoms. The van der Waals surface area contributed by atoms with Crippen molar-refractivity contribution in [3.63, 3.8) is 0 Å². The van der Waals surface area contributed by atoms with Crippen molar-refractivity contribution in [3.8, 4) is 0 Å². The SMILES string of the molecule is CC1(CC2CCCOC2)OCC(CC(=O)O)O1. The molecule has 2 aliphatic rings. The summed E-state index contributed by atoms with van der Waals surface area (Å²) in [4.78, 5) is 10.6. The molecule has 0 aromatic rings. The zero-order chi connectivity index (χ0) is 12.3. The van der Waals surface area contributed by atoms with Crippen molar-refractivity contribution in [1.29, 1.82) is 0 Å². The van der Waals surface area contributed by atoms with Crippen LogP contribution < -0.4 is 0 Å². The highest BCUT2D eigenvalue weighted by atomic mass is 16.7. The zero-order valence-electron chi connectivity index (χ0n) is 10.2. The Balaban J connectivity index is 1.81. The number of rotatable bonds is 4. The Morgan fingerprint density at radius 2 is 2.29 bits per heavy atom. The minimum Gasteiger partial charge on any atom is -0.481 e. The van der Waals surface area contributed by atoms with E-state index in [1.807, 2.05) is 6.92 Å². The number of ether oxygens (including phenoxy) is 3. The van der Waals surface area contributed by atoms with Gasteiger partial charge in [0.1, 0.15) is 0 Å². The Hall–Kier alpha value is -0.650. The van der Waals surface area contributed by atoms with Gasteiger partial charge in [0.15, 0.2) is 5.79 Å². The molecule has 2 heterocycles. The molecule has 0 saturated carbocycles. The molecule has 0 aliphatic carbocycles. The summed E-state index contributed by atoms with van der Waals surface area (Å²) in [6, 6.07) is 0. The first kappa shape index (κ1) is 12.8. The van der Waals surface area contributed by atoms with Gasteiger partial charge in [0.25, 0.3) is 0 Å². The van der Waals surface area contributed by atoms with Crippen molar-refractivity contribution in [2.24, 2.45) is 5.92 Å². The van der Waals surface area contributed by atoms with E-state index in [9.17, 15) is 4.79 Å². The molecule has 3 unspecified atom stereocenters. The van der Waals surface area contributed by atoms with E-state index < -0.39 is 11.8 Å². The lowest BCUT2D eigenvalue weighted by Crippen LogP contribution is -2.33. The summed E-state index contributed by atoms with van der Waals surface area (Å²) in [5.41, 5.74) is 0. The topological polar surface area (TPSA) is 65.0 Å². The molecular weight excluding hydrogens is 224 g/mol. The number of carbonyl (C=O) groups is 1. The van der Waals surface area contributed by atoms with Crippen LogP contribution >= 0.6 is 0 Å². The predicted molar refractivity (Wildman–Crippen MR) is 59.6 cm³/mol. The van der Waals surface area contributed by atoms with Gasteiger partial charge in [-0.2, -0.15) is 0 Å². The monoisotopic (exact) mass is 244 g/mol. The molecule has 0 amide bonds. The lowest BCUT2D eigenvalue weighted by molar-refractivity contribution is -0.174. The van der Waals surface area contributed by atoms with Crippen LogP contribution in [0.15, 0.2) is 0 Å². The maximum absolute atomic E-state index is 10.6. The van der Waals surface area contributed by atoms with Gasteiger partial charge in [-0.3, -0.25) is 4.79 Å². The Morgan fingerprint density at radius 3 is 2.94 bits per heavy atom. The fourth-order valence-corrected chi connectivity index (χ4v) is 2.58. The fraction of sp³-hybridized carbons (Fsp3) is 0.917. The van der Waals surface area contributed by atoms with Gasteiger partial charge in [0.05, 0.1) is 19.1 Å². The van der Waals surface area contributed by atoms with E-state index in [1.165, 1.54) is 0 Å². The van der Waals surface area contributed by atoms with Crippen LogP contribution in [0.3, 0.4) is 0 Å². The van der Waals surface area contributed by atoms with Gasteiger partial charge in [0.2, 0.25) is 0 Å². The summed E-state index contributed by atoms with van der Waals surface area (Å²) in [6.07, 6.45) is 2.69. The second-order valence-electron chi connectivity index (χ2n) is 5.07. The van der Waals surface area contributed by atoms with Crippen LogP contribution in [0, 0.1) is 5.92 Å². The van der Waals surface area contributed by atoms with Crippen LogP contribution in [0.1, 0.15) is 32.6 Å².